The Hall–Kier alpha value is -1.35. The zero-order valence-electron chi connectivity index (χ0n) is 10.7. The Kier molecular flexibility index (Phi) is 4.25. The molecule has 98 valence electrons. The lowest BCUT2D eigenvalue weighted by Crippen LogP contribution is -2.11. The van der Waals surface area contributed by atoms with Crippen molar-refractivity contribution in [3.63, 3.8) is 0 Å². The fraction of sp³-hybridized carbons (Fsp3) is 0.125. The van der Waals surface area contributed by atoms with E-state index < -0.39 is 0 Å². The summed E-state index contributed by atoms with van der Waals surface area (Å²) in [6.45, 7) is 2.14. The maximum Gasteiger partial charge on any atom is 0.0566 e. The van der Waals surface area contributed by atoms with Crippen LogP contribution in [-0.4, -0.2) is 0 Å². The van der Waals surface area contributed by atoms with E-state index in [-0.39, 0.29) is 18.4 Å². The van der Waals surface area contributed by atoms with Gasteiger partial charge in [0.25, 0.3) is 0 Å². The largest absolute Gasteiger partial charge is 0.320 e. The normalized spacial score (nSPS) is 12.1. The highest BCUT2D eigenvalue weighted by atomic mass is 35.5. The van der Waals surface area contributed by atoms with Crippen LogP contribution in [0.3, 0.4) is 0 Å². The Bertz CT molecular complexity index is 676. The summed E-state index contributed by atoms with van der Waals surface area (Å²) in [5.41, 5.74) is 10.1. The SMILES string of the molecule is Cc1ccc([C@@H](N)c2ccsc2)c2ccccc12.Cl. The molecule has 1 heterocycles. The molecule has 1 nitrogen and oxygen atoms in total. The first-order chi connectivity index (χ1) is 8.77. The molecule has 1 atom stereocenters. The van der Waals surface area contributed by atoms with Crippen molar-refractivity contribution in [2.75, 3.05) is 0 Å². The molecule has 0 bridgehead atoms. The monoisotopic (exact) mass is 289 g/mol. The van der Waals surface area contributed by atoms with Crippen LogP contribution in [0.15, 0.2) is 53.2 Å². The third-order valence-electron chi connectivity index (χ3n) is 3.41. The van der Waals surface area contributed by atoms with E-state index in [2.05, 4.69) is 60.1 Å². The third kappa shape index (κ3) is 2.52. The van der Waals surface area contributed by atoms with Crippen molar-refractivity contribution in [1.82, 2.24) is 0 Å². The fourth-order valence-corrected chi connectivity index (χ4v) is 3.07. The number of thiophene rings is 1. The average molecular weight is 290 g/mol. The number of fused-ring (bicyclic) bond motifs is 1. The summed E-state index contributed by atoms with van der Waals surface area (Å²) in [4.78, 5) is 0. The van der Waals surface area contributed by atoms with Gasteiger partial charge in [0.2, 0.25) is 0 Å². The number of nitrogens with two attached hydrogens (primary N) is 1. The second-order valence-electron chi connectivity index (χ2n) is 4.55. The topological polar surface area (TPSA) is 26.0 Å². The minimum Gasteiger partial charge on any atom is -0.320 e. The minimum atomic E-state index is -0.0400. The fourth-order valence-electron chi connectivity index (χ4n) is 2.38. The highest BCUT2D eigenvalue weighted by Crippen LogP contribution is 2.29. The molecule has 0 unspecified atom stereocenters. The van der Waals surface area contributed by atoms with Crippen LogP contribution >= 0.6 is 23.7 Å². The van der Waals surface area contributed by atoms with Crippen LogP contribution in [0.1, 0.15) is 22.7 Å². The van der Waals surface area contributed by atoms with Crippen LogP contribution in [0, 0.1) is 6.92 Å². The molecule has 0 radical (unpaired) electrons. The van der Waals surface area contributed by atoms with Gasteiger partial charge in [0.15, 0.2) is 0 Å². The standard InChI is InChI=1S/C16H15NS.ClH/c1-11-6-7-15(14-5-3-2-4-13(11)14)16(17)12-8-9-18-10-12;/h2-10,16H,17H2,1H3;1H/t16-;/m0./s1. The van der Waals surface area contributed by atoms with Gasteiger partial charge in [-0.05, 0) is 51.2 Å². The van der Waals surface area contributed by atoms with Crippen molar-refractivity contribution >= 4 is 34.5 Å². The molecular formula is C16H16ClNS. The van der Waals surface area contributed by atoms with Gasteiger partial charge in [0.1, 0.15) is 0 Å². The van der Waals surface area contributed by atoms with Crippen LogP contribution < -0.4 is 5.73 Å². The Balaban J connectivity index is 0.00000133. The van der Waals surface area contributed by atoms with Gasteiger partial charge >= 0.3 is 0 Å². The molecular weight excluding hydrogens is 274 g/mol. The van der Waals surface area contributed by atoms with Crippen molar-refractivity contribution in [3.05, 3.63) is 69.9 Å². The van der Waals surface area contributed by atoms with Gasteiger partial charge in [-0.3, -0.25) is 0 Å². The van der Waals surface area contributed by atoms with E-state index in [9.17, 15) is 0 Å². The number of hydrogen-bond acceptors (Lipinski definition) is 2. The van der Waals surface area contributed by atoms with E-state index >= 15 is 0 Å². The van der Waals surface area contributed by atoms with Crippen LogP contribution in [0.4, 0.5) is 0 Å². The first-order valence-corrected chi connectivity index (χ1v) is 6.97. The number of rotatable bonds is 2. The van der Waals surface area contributed by atoms with Gasteiger partial charge in [-0.25, -0.2) is 0 Å². The molecule has 0 aliphatic rings. The molecule has 3 rings (SSSR count). The van der Waals surface area contributed by atoms with E-state index in [1.165, 1.54) is 27.5 Å². The molecule has 0 amide bonds. The van der Waals surface area contributed by atoms with Gasteiger partial charge in [-0.15, -0.1) is 12.4 Å². The summed E-state index contributed by atoms with van der Waals surface area (Å²) in [7, 11) is 0. The first kappa shape index (κ1) is 14.1. The predicted molar refractivity (Wildman–Crippen MR) is 86.3 cm³/mol. The Morgan fingerprint density at radius 3 is 2.42 bits per heavy atom. The summed E-state index contributed by atoms with van der Waals surface area (Å²) in [6.07, 6.45) is 0. The van der Waals surface area contributed by atoms with Crippen molar-refractivity contribution in [2.45, 2.75) is 13.0 Å². The van der Waals surface area contributed by atoms with Gasteiger partial charge in [0, 0.05) is 0 Å². The van der Waals surface area contributed by atoms with Crippen LogP contribution in [0.25, 0.3) is 10.8 Å². The lowest BCUT2D eigenvalue weighted by Gasteiger charge is -2.15. The quantitative estimate of drug-likeness (QED) is 0.728. The highest BCUT2D eigenvalue weighted by Gasteiger charge is 2.12. The van der Waals surface area contributed by atoms with E-state index in [4.69, 9.17) is 5.73 Å². The Morgan fingerprint density at radius 2 is 1.74 bits per heavy atom. The van der Waals surface area contributed by atoms with Gasteiger partial charge < -0.3 is 5.73 Å². The maximum absolute atomic E-state index is 6.38. The maximum atomic E-state index is 6.38. The van der Waals surface area contributed by atoms with E-state index in [0.29, 0.717) is 0 Å². The third-order valence-corrected chi connectivity index (χ3v) is 4.11. The molecule has 0 spiro atoms. The molecule has 3 aromatic rings. The summed E-state index contributed by atoms with van der Waals surface area (Å²) >= 11 is 1.69. The highest BCUT2D eigenvalue weighted by molar-refractivity contribution is 7.08. The summed E-state index contributed by atoms with van der Waals surface area (Å²) in [6, 6.07) is 14.8. The molecule has 2 aromatic carbocycles. The lowest BCUT2D eigenvalue weighted by molar-refractivity contribution is 0.886. The lowest BCUT2D eigenvalue weighted by atomic mass is 9.94. The second-order valence-corrected chi connectivity index (χ2v) is 5.33. The molecule has 19 heavy (non-hydrogen) atoms. The first-order valence-electron chi connectivity index (χ1n) is 6.03. The van der Waals surface area contributed by atoms with Crippen LogP contribution in [0.5, 0.6) is 0 Å². The van der Waals surface area contributed by atoms with Gasteiger partial charge in [-0.1, -0.05) is 36.4 Å². The second kappa shape index (κ2) is 5.74. The van der Waals surface area contributed by atoms with E-state index in [1.54, 1.807) is 11.3 Å². The van der Waals surface area contributed by atoms with Crippen LogP contribution in [-0.2, 0) is 0 Å². The zero-order chi connectivity index (χ0) is 12.5. The van der Waals surface area contributed by atoms with E-state index in [0.717, 1.165) is 0 Å². The molecule has 0 aliphatic carbocycles. The van der Waals surface area contributed by atoms with E-state index in [1.807, 2.05) is 0 Å². The van der Waals surface area contributed by atoms with Crippen molar-refractivity contribution in [2.24, 2.45) is 5.73 Å². The van der Waals surface area contributed by atoms with Crippen molar-refractivity contribution in [1.29, 1.82) is 0 Å². The Labute approximate surface area is 123 Å². The number of hydrogen-bond donors (Lipinski definition) is 1. The molecule has 0 aliphatic heterocycles. The average Bonchev–Trinajstić information content (AvgIpc) is 2.93. The van der Waals surface area contributed by atoms with Gasteiger partial charge in [-0.2, -0.15) is 11.3 Å². The molecule has 0 saturated carbocycles. The smallest absolute Gasteiger partial charge is 0.0566 e. The summed E-state index contributed by atoms with van der Waals surface area (Å²) in [5, 5.41) is 6.75. The number of halogens is 1. The molecule has 1 aromatic heterocycles. The van der Waals surface area contributed by atoms with Gasteiger partial charge in [0.05, 0.1) is 6.04 Å². The molecule has 3 heteroatoms. The number of benzene rings is 2. The van der Waals surface area contributed by atoms with Crippen molar-refractivity contribution in [3.8, 4) is 0 Å². The van der Waals surface area contributed by atoms with Crippen molar-refractivity contribution < 1.29 is 0 Å². The molecule has 0 saturated heterocycles. The molecule has 0 fully saturated rings. The Morgan fingerprint density at radius 1 is 1.00 bits per heavy atom. The van der Waals surface area contributed by atoms with Crippen LogP contribution in [0.2, 0.25) is 0 Å². The predicted octanol–water partition coefficient (Wildman–Crippen LogP) is 4.68. The zero-order valence-corrected chi connectivity index (χ0v) is 12.3. The number of aryl methyl sites for hydroxylation is 1. The molecule has 2 N–H and O–H groups in total. The summed E-state index contributed by atoms with van der Waals surface area (Å²) < 4.78 is 0. The summed E-state index contributed by atoms with van der Waals surface area (Å²) in [5.74, 6) is 0. The minimum absolute atomic E-state index is 0.